The Morgan fingerprint density at radius 1 is 0.884 bits per heavy atom. The van der Waals surface area contributed by atoms with Gasteiger partial charge in [-0.1, -0.05) is 56.3 Å². The van der Waals surface area contributed by atoms with E-state index in [1.54, 1.807) is 0 Å². The van der Waals surface area contributed by atoms with Crippen molar-refractivity contribution in [1.82, 2.24) is 40.8 Å². The molecule has 1 unspecified atom stereocenters. The molecule has 0 spiro atoms. The molecule has 10 rings (SSSR count). The summed E-state index contributed by atoms with van der Waals surface area (Å²) in [6.07, 6.45) is 0.123. The number of aromatic amines is 1. The fourth-order valence-electron chi connectivity index (χ4n) is 9.05. The molecule has 0 aliphatic carbocycles. The molecule has 6 aromatic rings. The number of hydrogen-bond donors (Lipinski definition) is 3. The van der Waals surface area contributed by atoms with Crippen LogP contribution in [0, 0.1) is 24.5 Å². The number of carbonyl (C=O) groups excluding carboxylic acids is 5. The molecule has 5 amide bonds. The second kappa shape index (κ2) is 18.0. The highest BCUT2D eigenvalue weighted by atomic mass is 19.1. The average molecular weight is 947 g/mol. The lowest BCUT2D eigenvalue weighted by Crippen LogP contribution is -2.54. The Bertz CT molecular complexity index is 3400. The third-order valence-electron chi connectivity index (χ3n) is 12.9. The molecule has 0 radical (unpaired) electrons. The van der Waals surface area contributed by atoms with Gasteiger partial charge in [0.15, 0.2) is 11.6 Å². The number of nitrogens with zero attached hydrogens (tertiary/aromatic N) is 7. The summed E-state index contributed by atoms with van der Waals surface area (Å²) in [7, 11) is 0. The lowest BCUT2D eigenvalue weighted by Gasteiger charge is -2.40. The van der Waals surface area contributed by atoms with E-state index in [1.807, 2.05) is 87.6 Å². The molecule has 16 nitrogen and oxygen atoms in total. The Morgan fingerprint density at radius 3 is 2.30 bits per heavy atom. The van der Waals surface area contributed by atoms with E-state index in [4.69, 9.17) is 15.5 Å². The predicted octanol–water partition coefficient (Wildman–Crippen LogP) is 6.53. The molecule has 3 fully saturated rings. The van der Waals surface area contributed by atoms with Crippen molar-refractivity contribution in [2.75, 3.05) is 55.4 Å². The second-order valence-electron chi connectivity index (χ2n) is 18.6. The maximum Gasteiger partial charge on any atom is 0.315 e. The van der Waals surface area contributed by atoms with E-state index in [9.17, 15) is 24.0 Å². The zero-order valence-electron chi connectivity index (χ0n) is 46.0. The third kappa shape index (κ3) is 8.73. The van der Waals surface area contributed by atoms with Crippen LogP contribution in [0.1, 0.15) is 106 Å². The van der Waals surface area contributed by atoms with E-state index in [2.05, 4.69) is 36.6 Å². The number of anilines is 2. The van der Waals surface area contributed by atoms with E-state index >= 15 is 8.78 Å². The van der Waals surface area contributed by atoms with Crippen molar-refractivity contribution < 1.29 is 48.2 Å². The van der Waals surface area contributed by atoms with Gasteiger partial charge >= 0.3 is 11.8 Å². The number of amides is 5. The molecular weight excluding hydrogens is 887 g/mol. The number of halogens is 2. The number of H-pyrrole nitrogens is 1. The van der Waals surface area contributed by atoms with Crippen LogP contribution in [0.4, 0.5) is 20.2 Å². The number of piperazine rings is 1. The van der Waals surface area contributed by atoms with Crippen LogP contribution >= 0.6 is 0 Å². The number of aryl methyl sites for hydroxylation is 1. The Morgan fingerprint density at radius 2 is 1.61 bits per heavy atom. The topological polar surface area (TPSA) is 190 Å². The minimum atomic E-state index is -3.72. The van der Waals surface area contributed by atoms with Crippen LogP contribution in [0.3, 0.4) is 0 Å². The fourth-order valence-corrected chi connectivity index (χ4v) is 9.05. The van der Waals surface area contributed by atoms with Gasteiger partial charge in [0.25, 0.3) is 11.8 Å². The molecule has 1 atom stereocenters. The maximum atomic E-state index is 16.7. The van der Waals surface area contributed by atoms with Crippen molar-refractivity contribution in [3.63, 3.8) is 0 Å². The highest BCUT2D eigenvalue weighted by molar-refractivity contribution is 6.24. The van der Waals surface area contributed by atoms with Gasteiger partial charge in [0.05, 0.1) is 27.8 Å². The smallest absolute Gasteiger partial charge is 0.315 e. The lowest BCUT2D eigenvalue weighted by molar-refractivity contribution is -0.136. The SMILES string of the molecule is [2H]C1([2H])N(CC2CCN(c3ccc(-c4ccc5[nH]nc(-c6ccc(CNC(=O)c7nc(C(C)(C)C)no7)c(C)c6)c5c4)cc3)CC2)C([2H])([2H])C([2H])([2H])N(c2c(F)cc3c(c2F)C(=O)N(C2CCC(=O)NC2=O)C3=O)C1([2H])[2H]. The van der Waals surface area contributed by atoms with Gasteiger partial charge in [-0.05, 0) is 90.8 Å². The summed E-state index contributed by atoms with van der Waals surface area (Å²) in [5, 5.41) is 17.4. The number of imide groups is 2. The molecule has 6 heterocycles. The summed E-state index contributed by atoms with van der Waals surface area (Å²) in [5.41, 5.74) is 3.02. The monoisotopic (exact) mass is 946 g/mol. The molecular formula is C51H52F2N10O6. The Kier molecular flexibility index (Phi) is 9.54. The Hall–Kier alpha value is -7.34. The fraction of sp³-hybridized carbons (Fsp3) is 0.373. The van der Waals surface area contributed by atoms with Crippen LogP contribution in [0.5, 0.6) is 0 Å². The molecule has 69 heavy (non-hydrogen) atoms. The van der Waals surface area contributed by atoms with Gasteiger partial charge < -0.3 is 19.6 Å². The Labute approximate surface area is 407 Å². The first-order valence-corrected chi connectivity index (χ1v) is 22.5. The predicted molar refractivity (Wildman–Crippen MR) is 252 cm³/mol. The lowest BCUT2D eigenvalue weighted by atomic mass is 9.95. The molecule has 4 aromatic carbocycles. The highest BCUT2D eigenvalue weighted by Gasteiger charge is 2.47. The van der Waals surface area contributed by atoms with Crippen molar-refractivity contribution in [3.8, 4) is 22.4 Å². The van der Waals surface area contributed by atoms with E-state index in [-0.39, 0.29) is 35.6 Å². The largest absolute Gasteiger partial charge is 0.372 e. The first kappa shape index (κ1) is 36.7. The van der Waals surface area contributed by atoms with Crippen LogP contribution in [-0.4, -0.2) is 111 Å². The summed E-state index contributed by atoms with van der Waals surface area (Å²) in [5.74, 6) is -8.85. The first-order valence-electron chi connectivity index (χ1n) is 26.5. The number of rotatable bonds is 10. The van der Waals surface area contributed by atoms with Gasteiger partial charge in [-0.2, -0.15) is 10.1 Å². The third-order valence-corrected chi connectivity index (χ3v) is 12.9. The first-order chi connectivity index (χ1) is 36.1. The van der Waals surface area contributed by atoms with Crippen molar-refractivity contribution in [2.24, 2.45) is 5.92 Å². The van der Waals surface area contributed by atoms with Gasteiger partial charge in [-0.25, -0.2) is 8.78 Å². The molecule has 4 aliphatic heterocycles. The molecule has 3 N–H and O–H groups in total. The van der Waals surface area contributed by atoms with Crippen LogP contribution in [0.2, 0.25) is 0 Å². The van der Waals surface area contributed by atoms with Gasteiger partial charge in [0.2, 0.25) is 11.8 Å². The number of fused-ring (bicyclic) bond motifs is 2. The van der Waals surface area contributed by atoms with Gasteiger partial charge in [0, 0.05) is 86.1 Å². The van der Waals surface area contributed by atoms with Crippen LogP contribution in [-0.2, 0) is 21.5 Å². The molecule has 356 valence electrons. The number of nitrogens with one attached hydrogen (secondary N) is 3. The molecule has 18 heteroatoms. The standard InChI is InChI=1S/C51H52F2N10O6/c1-28-23-32(5-6-33(28)26-54-46(66)47-56-50(59-69-47)51(2,3)4)43-35-24-31(9-12-38(35)57-58-43)30-7-10-34(11-8-30)61-17-15-29(16-18-61)27-60-19-21-62(22-20-60)44-37(52)25-36-41(42(44)53)49(68)63(48(36)67)39-13-14-40(64)55-45(39)65/h5-12,23-25,29,39H,13-22,26-27H2,1-4H3,(H,54,66)(H,57,58)(H,55,64,65)/i19D2,20D2,21D2,22D2. The number of hydrogen-bond acceptors (Lipinski definition) is 12. The quantitative estimate of drug-likeness (QED) is 0.126. The van der Waals surface area contributed by atoms with E-state index in [0.29, 0.717) is 47.6 Å². The number of carbonyl (C=O) groups is 5. The number of aromatic nitrogens is 4. The van der Waals surface area contributed by atoms with Gasteiger partial charge in [-0.15, -0.1) is 0 Å². The number of benzene rings is 4. The summed E-state index contributed by atoms with van der Waals surface area (Å²) in [6.45, 7) is -6.03. The summed E-state index contributed by atoms with van der Waals surface area (Å²) < 4.78 is 110. The van der Waals surface area contributed by atoms with Gasteiger partial charge in [0.1, 0.15) is 17.5 Å². The van der Waals surface area contributed by atoms with E-state index < -0.39 is 102 Å². The maximum absolute atomic E-state index is 16.7. The Balaban J connectivity index is 0.804. The summed E-state index contributed by atoms with van der Waals surface area (Å²) in [6, 6.07) is 18.5. The van der Waals surface area contributed by atoms with Crippen LogP contribution < -0.4 is 20.4 Å². The normalized spacial score (nSPS) is 23.0. The van der Waals surface area contributed by atoms with E-state index in [1.165, 1.54) is 0 Å². The minimum Gasteiger partial charge on any atom is -0.372 e. The van der Waals surface area contributed by atoms with Crippen molar-refractivity contribution in [2.45, 2.75) is 71.4 Å². The van der Waals surface area contributed by atoms with Crippen molar-refractivity contribution >= 4 is 51.8 Å². The van der Waals surface area contributed by atoms with Crippen LogP contribution in [0.25, 0.3) is 33.3 Å². The summed E-state index contributed by atoms with van der Waals surface area (Å²) >= 11 is 0. The number of piperidine rings is 2. The van der Waals surface area contributed by atoms with Gasteiger partial charge in [-0.3, -0.25) is 44.2 Å². The zero-order chi connectivity index (χ0) is 55.5. The van der Waals surface area contributed by atoms with E-state index in [0.717, 1.165) is 50.1 Å². The highest BCUT2D eigenvalue weighted by Crippen LogP contribution is 2.37. The molecule has 4 aliphatic rings. The zero-order valence-corrected chi connectivity index (χ0v) is 38.0. The minimum absolute atomic E-state index is 0.104. The molecule has 0 saturated carbocycles. The summed E-state index contributed by atoms with van der Waals surface area (Å²) in [4.78, 5) is 70.8. The molecule has 2 aromatic heterocycles. The van der Waals surface area contributed by atoms with Crippen molar-refractivity contribution in [3.05, 3.63) is 112 Å². The second-order valence-corrected chi connectivity index (χ2v) is 18.6. The molecule has 0 bridgehead atoms. The van der Waals surface area contributed by atoms with Crippen molar-refractivity contribution in [1.29, 1.82) is 0 Å². The van der Waals surface area contributed by atoms with Crippen LogP contribution in [0.15, 0.2) is 71.3 Å². The average Bonchev–Trinajstić information content (AvgIpc) is 4.22. The molecule has 3 saturated heterocycles.